The number of rotatable bonds is 3. The van der Waals surface area contributed by atoms with Gasteiger partial charge in [0.15, 0.2) is 0 Å². The van der Waals surface area contributed by atoms with Gasteiger partial charge in [0.1, 0.15) is 17.2 Å². The normalized spacial score (nSPS) is 10.5. The maximum atomic E-state index is 6.07. The average molecular weight is 286 g/mol. The fourth-order valence-electron chi connectivity index (χ4n) is 1.22. The van der Waals surface area contributed by atoms with Crippen LogP contribution in [0.1, 0.15) is 5.56 Å². The van der Waals surface area contributed by atoms with Crippen molar-refractivity contribution in [2.24, 2.45) is 0 Å². The number of anilines is 1. The number of hydrogen-bond acceptors (Lipinski definition) is 4. The summed E-state index contributed by atoms with van der Waals surface area (Å²) in [5.74, 6) is 1.18. The Kier molecular flexibility index (Phi) is 4.10. The molecule has 88 valence electrons. The van der Waals surface area contributed by atoms with E-state index in [2.05, 4.69) is 9.97 Å². The van der Waals surface area contributed by atoms with Gasteiger partial charge in [0.05, 0.1) is 0 Å². The van der Waals surface area contributed by atoms with E-state index in [1.165, 1.54) is 6.33 Å². The molecule has 6 heteroatoms. The number of thioether (sulfide) groups is 1. The molecule has 0 aliphatic carbocycles. The van der Waals surface area contributed by atoms with Crippen molar-refractivity contribution in [2.45, 2.75) is 10.8 Å². The van der Waals surface area contributed by atoms with Crippen molar-refractivity contribution in [3.63, 3.8) is 0 Å². The van der Waals surface area contributed by atoms with E-state index in [0.29, 0.717) is 21.6 Å². The van der Waals surface area contributed by atoms with Gasteiger partial charge in [-0.05, 0) is 17.7 Å². The zero-order chi connectivity index (χ0) is 12.3. The lowest BCUT2D eigenvalue weighted by Crippen LogP contribution is -1.92. The highest BCUT2D eigenvalue weighted by Gasteiger charge is 2.03. The molecule has 0 fully saturated rings. The van der Waals surface area contributed by atoms with Crippen molar-refractivity contribution in [1.82, 2.24) is 9.97 Å². The molecule has 0 aliphatic rings. The molecular formula is C11H9Cl2N3S. The Bertz CT molecular complexity index is 534. The topological polar surface area (TPSA) is 51.8 Å². The molecule has 0 unspecified atom stereocenters. The third-order valence-corrected chi connectivity index (χ3v) is 3.62. The number of hydrogen-bond donors (Lipinski definition) is 1. The van der Waals surface area contributed by atoms with Crippen molar-refractivity contribution >= 4 is 40.8 Å². The molecule has 17 heavy (non-hydrogen) atoms. The van der Waals surface area contributed by atoms with Gasteiger partial charge in [0, 0.05) is 21.9 Å². The van der Waals surface area contributed by atoms with E-state index in [9.17, 15) is 0 Å². The molecule has 0 amide bonds. The summed E-state index contributed by atoms with van der Waals surface area (Å²) in [6.07, 6.45) is 1.45. The van der Waals surface area contributed by atoms with Gasteiger partial charge >= 0.3 is 0 Å². The first-order chi connectivity index (χ1) is 8.15. The van der Waals surface area contributed by atoms with Crippen LogP contribution in [-0.2, 0) is 5.75 Å². The summed E-state index contributed by atoms with van der Waals surface area (Å²) >= 11 is 13.4. The molecule has 0 spiro atoms. The zero-order valence-corrected chi connectivity index (χ0v) is 11.1. The van der Waals surface area contributed by atoms with Crippen LogP contribution in [0, 0.1) is 0 Å². The molecule has 1 aromatic carbocycles. The molecule has 0 atom stereocenters. The van der Waals surface area contributed by atoms with Gasteiger partial charge in [-0.2, -0.15) is 0 Å². The maximum absolute atomic E-state index is 6.07. The summed E-state index contributed by atoms with van der Waals surface area (Å²) in [4.78, 5) is 7.94. The SMILES string of the molecule is Nc1cc(SCc2ccc(Cl)cc2Cl)ncn1. The first-order valence-electron chi connectivity index (χ1n) is 4.79. The zero-order valence-electron chi connectivity index (χ0n) is 8.73. The smallest absolute Gasteiger partial charge is 0.127 e. The van der Waals surface area contributed by atoms with E-state index >= 15 is 0 Å². The monoisotopic (exact) mass is 285 g/mol. The molecule has 3 nitrogen and oxygen atoms in total. The van der Waals surface area contributed by atoms with E-state index in [1.807, 2.05) is 12.1 Å². The first kappa shape index (κ1) is 12.5. The lowest BCUT2D eigenvalue weighted by molar-refractivity contribution is 1.05. The lowest BCUT2D eigenvalue weighted by Gasteiger charge is -2.04. The maximum Gasteiger partial charge on any atom is 0.127 e. The average Bonchev–Trinajstić information content (AvgIpc) is 2.28. The molecule has 0 saturated carbocycles. The van der Waals surface area contributed by atoms with Gasteiger partial charge in [0.2, 0.25) is 0 Å². The second-order valence-electron chi connectivity index (χ2n) is 3.31. The number of nitrogens with zero attached hydrogens (tertiary/aromatic N) is 2. The molecule has 0 saturated heterocycles. The Morgan fingerprint density at radius 2 is 2.00 bits per heavy atom. The van der Waals surface area contributed by atoms with Crippen LogP contribution in [0.3, 0.4) is 0 Å². The first-order valence-corrected chi connectivity index (χ1v) is 6.53. The van der Waals surface area contributed by atoms with Crippen molar-refractivity contribution < 1.29 is 0 Å². The predicted molar refractivity (Wildman–Crippen MR) is 72.5 cm³/mol. The van der Waals surface area contributed by atoms with Crippen molar-refractivity contribution in [1.29, 1.82) is 0 Å². The number of benzene rings is 1. The summed E-state index contributed by atoms with van der Waals surface area (Å²) in [7, 11) is 0. The van der Waals surface area contributed by atoms with Gasteiger partial charge in [0.25, 0.3) is 0 Å². The summed E-state index contributed by atoms with van der Waals surface area (Å²) in [6, 6.07) is 7.18. The highest BCUT2D eigenvalue weighted by atomic mass is 35.5. The second-order valence-corrected chi connectivity index (χ2v) is 5.14. The minimum absolute atomic E-state index is 0.463. The highest BCUT2D eigenvalue weighted by molar-refractivity contribution is 7.98. The van der Waals surface area contributed by atoms with Crippen LogP contribution in [0.15, 0.2) is 35.6 Å². The summed E-state index contributed by atoms with van der Waals surface area (Å²) in [5, 5.41) is 2.12. The van der Waals surface area contributed by atoms with Gasteiger partial charge < -0.3 is 5.73 Å². The quantitative estimate of drug-likeness (QED) is 0.691. The molecule has 2 rings (SSSR count). The van der Waals surface area contributed by atoms with Crippen LogP contribution in [0.25, 0.3) is 0 Å². The fraction of sp³-hybridized carbons (Fsp3) is 0.0909. The molecule has 2 N–H and O–H groups in total. The standard InChI is InChI=1S/C11H9Cl2N3S/c12-8-2-1-7(9(13)3-8)5-17-11-4-10(14)15-6-16-11/h1-4,6H,5H2,(H2,14,15,16). The third kappa shape index (κ3) is 3.49. The molecule has 1 heterocycles. The Balaban J connectivity index is 2.07. The van der Waals surface area contributed by atoms with Crippen LogP contribution >= 0.6 is 35.0 Å². The van der Waals surface area contributed by atoms with Crippen molar-refractivity contribution in [2.75, 3.05) is 5.73 Å². The largest absolute Gasteiger partial charge is 0.384 e. The molecule has 0 aliphatic heterocycles. The third-order valence-electron chi connectivity index (χ3n) is 2.05. The minimum atomic E-state index is 0.463. The van der Waals surface area contributed by atoms with E-state index in [4.69, 9.17) is 28.9 Å². The van der Waals surface area contributed by atoms with E-state index < -0.39 is 0 Å². The van der Waals surface area contributed by atoms with Gasteiger partial charge in [-0.25, -0.2) is 9.97 Å². The number of aromatic nitrogens is 2. The van der Waals surface area contributed by atoms with Gasteiger partial charge in [-0.3, -0.25) is 0 Å². The van der Waals surface area contributed by atoms with E-state index in [1.54, 1.807) is 23.9 Å². The van der Waals surface area contributed by atoms with Crippen LogP contribution in [0.2, 0.25) is 10.0 Å². The van der Waals surface area contributed by atoms with Gasteiger partial charge in [-0.1, -0.05) is 29.3 Å². The summed E-state index contributed by atoms with van der Waals surface area (Å²) < 4.78 is 0. The lowest BCUT2D eigenvalue weighted by atomic mass is 10.2. The van der Waals surface area contributed by atoms with Crippen LogP contribution in [0.4, 0.5) is 5.82 Å². The molecule has 0 radical (unpaired) electrons. The van der Waals surface area contributed by atoms with Gasteiger partial charge in [-0.15, -0.1) is 11.8 Å². The minimum Gasteiger partial charge on any atom is -0.384 e. The van der Waals surface area contributed by atoms with E-state index in [-0.39, 0.29) is 0 Å². The Labute approximate surface area is 113 Å². The Morgan fingerprint density at radius 1 is 1.18 bits per heavy atom. The second kappa shape index (κ2) is 5.58. The highest BCUT2D eigenvalue weighted by Crippen LogP contribution is 2.27. The molecule has 2 aromatic rings. The number of nitrogen functional groups attached to an aromatic ring is 1. The molecular weight excluding hydrogens is 277 g/mol. The number of halogens is 2. The van der Waals surface area contributed by atoms with Crippen LogP contribution < -0.4 is 5.73 Å². The van der Waals surface area contributed by atoms with Crippen molar-refractivity contribution in [3.8, 4) is 0 Å². The van der Waals surface area contributed by atoms with Crippen LogP contribution in [0.5, 0.6) is 0 Å². The predicted octanol–water partition coefficient (Wildman–Crippen LogP) is 3.66. The fourth-order valence-corrected chi connectivity index (χ4v) is 2.66. The summed E-state index contributed by atoms with van der Waals surface area (Å²) in [5.41, 5.74) is 6.58. The summed E-state index contributed by atoms with van der Waals surface area (Å²) in [6.45, 7) is 0. The molecule has 0 bridgehead atoms. The Hall–Kier alpha value is -0.970. The number of nitrogens with two attached hydrogens (primary N) is 1. The molecule has 1 aromatic heterocycles. The van der Waals surface area contributed by atoms with E-state index in [0.717, 1.165) is 10.6 Å². The van der Waals surface area contributed by atoms with Crippen LogP contribution in [-0.4, -0.2) is 9.97 Å². The van der Waals surface area contributed by atoms with Crippen molar-refractivity contribution in [3.05, 3.63) is 46.2 Å². The Morgan fingerprint density at radius 3 is 2.71 bits per heavy atom.